The van der Waals surface area contributed by atoms with Crippen molar-refractivity contribution in [2.24, 2.45) is 5.92 Å². The highest BCUT2D eigenvalue weighted by atomic mass is 32.2. The molecule has 1 aliphatic heterocycles. The molecule has 3 unspecified atom stereocenters. The molecule has 2 rings (SSSR count). The molecule has 0 bridgehead atoms. The number of carbonyl (C=O) groups excluding carboxylic acids is 2. The van der Waals surface area contributed by atoms with Gasteiger partial charge in [0.25, 0.3) is 5.91 Å². The zero-order valence-electron chi connectivity index (χ0n) is 18.5. The van der Waals surface area contributed by atoms with Gasteiger partial charge >= 0.3 is 0 Å². The van der Waals surface area contributed by atoms with Crippen LogP contribution in [0, 0.1) is 5.92 Å². The molecule has 0 radical (unpaired) electrons. The fraction of sp³-hybridized carbons (Fsp3) is 0.636. The molecule has 1 aromatic rings. The van der Waals surface area contributed by atoms with Crippen molar-refractivity contribution in [2.45, 2.75) is 76.8 Å². The van der Waals surface area contributed by atoms with E-state index < -0.39 is 10.0 Å². The Kier molecular flexibility index (Phi) is 8.85. The van der Waals surface area contributed by atoms with Crippen LogP contribution in [0.3, 0.4) is 0 Å². The van der Waals surface area contributed by atoms with E-state index in [4.69, 9.17) is 0 Å². The molecule has 7 nitrogen and oxygen atoms in total. The van der Waals surface area contributed by atoms with Crippen molar-refractivity contribution in [3.05, 3.63) is 29.8 Å². The van der Waals surface area contributed by atoms with Crippen molar-refractivity contribution in [1.82, 2.24) is 14.9 Å². The molecule has 1 heterocycles. The Morgan fingerprint density at radius 2 is 1.83 bits per heavy atom. The molecular formula is C22H35N3O4S. The Morgan fingerprint density at radius 1 is 1.17 bits per heavy atom. The fourth-order valence-electron chi connectivity index (χ4n) is 3.50. The average Bonchev–Trinajstić information content (AvgIpc) is 2.73. The van der Waals surface area contributed by atoms with Crippen LogP contribution < -0.4 is 10.0 Å². The van der Waals surface area contributed by atoms with Gasteiger partial charge < -0.3 is 10.2 Å². The summed E-state index contributed by atoms with van der Waals surface area (Å²) in [4.78, 5) is 27.4. The number of rotatable bonds is 9. The summed E-state index contributed by atoms with van der Waals surface area (Å²) in [5.41, 5.74) is 0.427. The van der Waals surface area contributed by atoms with Crippen LogP contribution in [0.5, 0.6) is 0 Å². The van der Waals surface area contributed by atoms with Crippen LogP contribution in [0.1, 0.15) is 70.2 Å². The van der Waals surface area contributed by atoms with Crippen LogP contribution >= 0.6 is 0 Å². The molecule has 168 valence electrons. The highest BCUT2D eigenvalue weighted by Gasteiger charge is 2.33. The Balaban J connectivity index is 2.08. The zero-order valence-corrected chi connectivity index (χ0v) is 19.3. The molecule has 2 N–H and O–H groups in total. The minimum Gasteiger partial charge on any atom is -0.356 e. The van der Waals surface area contributed by atoms with Gasteiger partial charge in [-0.15, -0.1) is 0 Å². The lowest BCUT2D eigenvalue weighted by Crippen LogP contribution is -2.49. The van der Waals surface area contributed by atoms with Gasteiger partial charge in [-0.1, -0.05) is 20.3 Å². The fourth-order valence-corrected chi connectivity index (χ4v) is 4.82. The lowest BCUT2D eigenvalue weighted by atomic mass is 9.92. The number of likely N-dealkylation sites (tertiary alicyclic amines) is 1. The summed E-state index contributed by atoms with van der Waals surface area (Å²) in [7, 11) is -3.61. The number of carbonyl (C=O) groups is 2. The second kappa shape index (κ2) is 10.9. The Labute approximate surface area is 180 Å². The van der Waals surface area contributed by atoms with Crippen molar-refractivity contribution < 1.29 is 18.0 Å². The van der Waals surface area contributed by atoms with Gasteiger partial charge in [-0.25, -0.2) is 13.1 Å². The third-order valence-corrected chi connectivity index (χ3v) is 7.33. The predicted molar refractivity (Wildman–Crippen MR) is 118 cm³/mol. The van der Waals surface area contributed by atoms with Gasteiger partial charge in [-0.05, 0) is 63.8 Å². The molecule has 0 spiro atoms. The van der Waals surface area contributed by atoms with Gasteiger partial charge in [-0.2, -0.15) is 0 Å². The topological polar surface area (TPSA) is 95.6 Å². The Morgan fingerprint density at radius 3 is 2.43 bits per heavy atom. The normalized spacial score (nSPS) is 20.6. The van der Waals surface area contributed by atoms with E-state index in [0.29, 0.717) is 25.1 Å². The summed E-state index contributed by atoms with van der Waals surface area (Å²) in [5, 5.41) is 2.96. The lowest BCUT2D eigenvalue weighted by molar-refractivity contribution is -0.126. The van der Waals surface area contributed by atoms with Crippen LogP contribution in [-0.2, 0) is 14.8 Å². The molecule has 1 fully saturated rings. The van der Waals surface area contributed by atoms with Crippen molar-refractivity contribution in [1.29, 1.82) is 0 Å². The maximum atomic E-state index is 13.1. The van der Waals surface area contributed by atoms with Gasteiger partial charge in [0.2, 0.25) is 15.9 Å². The quantitative estimate of drug-likeness (QED) is 0.581. The second-order valence-electron chi connectivity index (χ2n) is 8.18. The Hall–Kier alpha value is -1.93. The van der Waals surface area contributed by atoms with Gasteiger partial charge in [0.05, 0.1) is 10.8 Å². The van der Waals surface area contributed by atoms with E-state index in [0.717, 1.165) is 25.7 Å². The van der Waals surface area contributed by atoms with E-state index in [9.17, 15) is 18.0 Å². The Bertz CT molecular complexity index is 823. The molecule has 2 amide bonds. The van der Waals surface area contributed by atoms with Crippen molar-refractivity contribution >= 4 is 21.8 Å². The minimum absolute atomic E-state index is 0.00529. The first-order valence-corrected chi connectivity index (χ1v) is 12.4. The lowest BCUT2D eigenvalue weighted by Gasteiger charge is -2.37. The standard InChI is InChI=1S/C22H35N3O4S/c1-5-7-14-23-21(26)19-9-8-17(4)25(15-19)22(27)18-10-12-20(13-11-18)30(28,29)24-16(3)6-2/h10-13,16-17,19,24H,5-9,14-15H2,1-4H3,(H,23,26). The number of hydrogen-bond acceptors (Lipinski definition) is 4. The van der Waals surface area contributed by atoms with Gasteiger partial charge in [0, 0.05) is 30.7 Å². The predicted octanol–water partition coefficient (Wildman–Crippen LogP) is 2.92. The van der Waals surface area contributed by atoms with Gasteiger partial charge in [0.15, 0.2) is 0 Å². The number of amides is 2. The molecule has 0 aliphatic carbocycles. The molecule has 8 heteroatoms. The van der Waals surface area contributed by atoms with Crippen LogP contribution in [0.2, 0.25) is 0 Å². The number of benzene rings is 1. The van der Waals surface area contributed by atoms with Crippen molar-refractivity contribution in [3.63, 3.8) is 0 Å². The highest BCUT2D eigenvalue weighted by Crippen LogP contribution is 2.24. The smallest absolute Gasteiger partial charge is 0.254 e. The maximum Gasteiger partial charge on any atom is 0.254 e. The van der Waals surface area contributed by atoms with Crippen LogP contribution in [-0.4, -0.2) is 50.3 Å². The molecular weight excluding hydrogens is 402 g/mol. The largest absolute Gasteiger partial charge is 0.356 e. The second-order valence-corrected chi connectivity index (χ2v) is 9.89. The number of piperidine rings is 1. The molecule has 0 aromatic heterocycles. The minimum atomic E-state index is -3.61. The number of sulfonamides is 1. The average molecular weight is 438 g/mol. The summed E-state index contributed by atoms with van der Waals surface area (Å²) in [5.74, 6) is -0.375. The van der Waals surface area contributed by atoms with Crippen molar-refractivity contribution in [3.8, 4) is 0 Å². The third-order valence-electron chi connectivity index (χ3n) is 5.72. The first-order valence-electron chi connectivity index (χ1n) is 10.9. The molecule has 1 aromatic carbocycles. The number of nitrogens with zero attached hydrogens (tertiary/aromatic N) is 1. The summed E-state index contributed by atoms with van der Waals surface area (Å²) in [6.07, 6.45) is 4.18. The van der Waals surface area contributed by atoms with E-state index >= 15 is 0 Å². The highest BCUT2D eigenvalue weighted by molar-refractivity contribution is 7.89. The third kappa shape index (κ3) is 6.28. The molecule has 0 saturated carbocycles. The van der Waals surface area contributed by atoms with E-state index in [1.165, 1.54) is 12.1 Å². The van der Waals surface area contributed by atoms with E-state index in [2.05, 4.69) is 17.0 Å². The first kappa shape index (κ1) is 24.3. The summed E-state index contributed by atoms with van der Waals surface area (Å²) >= 11 is 0. The monoisotopic (exact) mass is 437 g/mol. The molecule has 1 aliphatic rings. The van der Waals surface area contributed by atoms with E-state index in [1.54, 1.807) is 17.0 Å². The summed E-state index contributed by atoms with van der Waals surface area (Å²) in [6.45, 7) is 8.82. The van der Waals surface area contributed by atoms with Crippen LogP contribution in [0.15, 0.2) is 29.2 Å². The van der Waals surface area contributed by atoms with E-state index in [-0.39, 0.29) is 34.7 Å². The number of unbranched alkanes of at least 4 members (excludes halogenated alkanes) is 1. The van der Waals surface area contributed by atoms with Gasteiger partial charge in [0.1, 0.15) is 0 Å². The maximum absolute atomic E-state index is 13.1. The first-order chi connectivity index (χ1) is 14.2. The number of hydrogen-bond donors (Lipinski definition) is 2. The van der Waals surface area contributed by atoms with Crippen LogP contribution in [0.25, 0.3) is 0 Å². The van der Waals surface area contributed by atoms with E-state index in [1.807, 2.05) is 20.8 Å². The summed E-state index contributed by atoms with van der Waals surface area (Å²) < 4.78 is 27.4. The van der Waals surface area contributed by atoms with Gasteiger partial charge in [-0.3, -0.25) is 9.59 Å². The summed E-state index contributed by atoms with van der Waals surface area (Å²) in [6, 6.07) is 5.89. The molecule has 30 heavy (non-hydrogen) atoms. The zero-order chi connectivity index (χ0) is 22.3. The van der Waals surface area contributed by atoms with Crippen molar-refractivity contribution in [2.75, 3.05) is 13.1 Å². The van der Waals surface area contributed by atoms with Crippen LogP contribution in [0.4, 0.5) is 0 Å². The molecule has 3 atom stereocenters. The number of nitrogens with one attached hydrogen (secondary N) is 2. The SMILES string of the molecule is CCCCNC(=O)C1CCC(C)N(C(=O)c2ccc(S(=O)(=O)NC(C)CC)cc2)C1. The molecule has 1 saturated heterocycles.